The number of pyridine rings is 1. The Balaban J connectivity index is 0.000000199. The topological polar surface area (TPSA) is 104 Å². The summed E-state index contributed by atoms with van der Waals surface area (Å²) in [6, 6.07) is 1.77. The van der Waals surface area contributed by atoms with Crippen LogP contribution in [0.4, 0.5) is 10.2 Å². The van der Waals surface area contributed by atoms with Crippen molar-refractivity contribution in [2.75, 3.05) is 31.2 Å². The van der Waals surface area contributed by atoms with Gasteiger partial charge >= 0.3 is 0 Å². The number of anilines is 1. The highest BCUT2D eigenvalue weighted by Crippen LogP contribution is 2.27. The van der Waals surface area contributed by atoms with Gasteiger partial charge in [0.25, 0.3) is 0 Å². The van der Waals surface area contributed by atoms with Crippen molar-refractivity contribution in [3.8, 4) is 11.4 Å². The van der Waals surface area contributed by atoms with Gasteiger partial charge in [0.05, 0.1) is 17.0 Å². The van der Waals surface area contributed by atoms with Crippen LogP contribution in [-0.2, 0) is 10.0 Å². The van der Waals surface area contributed by atoms with Gasteiger partial charge in [-0.2, -0.15) is 0 Å². The van der Waals surface area contributed by atoms with Crippen molar-refractivity contribution >= 4 is 38.5 Å². The Labute approximate surface area is 179 Å². The molecular weight excluding hydrogens is 431 g/mol. The van der Waals surface area contributed by atoms with Crippen LogP contribution in [0.5, 0.6) is 0 Å². The highest BCUT2D eigenvalue weighted by atomic mass is 35.5. The molecule has 11 heteroatoms. The summed E-state index contributed by atoms with van der Waals surface area (Å²) >= 11 is 5.93. The van der Waals surface area contributed by atoms with Gasteiger partial charge in [-0.25, -0.2) is 32.1 Å². The summed E-state index contributed by atoms with van der Waals surface area (Å²) in [6.45, 7) is 3.37. The molecule has 0 aromatic carbocycles. The van der Waals surface area contributed by atoms with Gasteiger partial charge in [0, 0.05) is 43.5 Å². The highest BCUT2D eigenvalue weighted by Gasteiger charge is 2.23. The van der Waals surface area contributed by atoms with Gasteiger partial charge in [-0.15, -0.1) is 0 Å². The van der Waals surface area contributed by atoms with E-state index in [1.165, 1.54) is 0 Å². The van der Waals surface area contributed by atoms with Crippen LogP contribution in [0.25, 0.3) is 22.4 Å². The lowest BCUT2D eigenvalue weighted by Crippen LogP contribution is -2.29. The second kappa shape index (κ2) is 9.67. The standard InChI is InChI=1S/C12H9ClFN5.C7H15NO2S/c1-15-12-9(14)5-18-11(19-12)8-4-17-10-7(8)2-6(13)3-16-10;1-2-7-11(9,10)8-5-3-4-6-8/h2-5H,1H3,(H,16,17)(H,15,18,19);2-7H2,1H3. The van der Waals surface area contributed by atoms with E-state index in [4.69, 9.17) is 11.6 Å². The minimum absolute atomic E-state index is 0.148. The first-order valence-corrected chi connectivity index (χ1v) is 11.7. The van der Waals surface area contributed by atoms with Gasteiger partial charge in [-0.3, -0.25) is 0 Å². The lowest BCUT2D eigenvalue weighted by Gasteiger charge is -2.13. The summed E-state index contributed by atoms with van der Waals surface area (Å²) in [6.07, 6.45) is 7.19. The van der Waals surface area contributed by atoms with Crippen molar-refractivity contribution in [3.63, 3.8) is 0 Å². The Morgan fingerprint density at radius 1 is 1.27 bits per heavy atom. The van der Waals surface area contributed by atoms with Gasteiger partial charge in [0.15, 0.2) is 17.5 Å². The number of H-pyrrole nitrogens is 1. The third-order valence-corrected chi connectivity index (χ3v) is 6.92. The molecule has 2 N–H and O–H groups in total. The number of halogens is 2. The number of aromatic amines is 1. The predicted molar refractivity (Wildman–Crippen MR) is 117 cm³/mol. The summed E-state index contributed by atoms with van der Waals surface area (Å²) in [5, 5.41) is 3.99. The number of hydrogen-bond acceptors (Lipinski definition) is 6. The van der Waals surface area contributed by atoms with Gasteiger partial charge in [-0.05, 0) is 25.3 Å². The van der Waals surface area contributed by atoms with Crippen LogP contribution >= 0.6 is 11.6 Å². The number of nitrogens with zero attached hydrogens (tertiary/aromatic N) is 4. The molecule has 1 fully saturated rings. The van der Waals surface area contributed by atoms with Crippen molar-refractivity contribution in [2.24, 2.45) is 0 Å². The van der Waals surface area contributed by atoms with Crippen molar-refractivity contribution in [1.82, 2.24) is 24.2 Å². The Morgan fingerprint density at radius 3 is 2.67 bits per heavy atom. The first kappa shape index (κ1) is 22.4. The zero-order valence-electron chi connectivity index (χ0n) is 16.8. The lowest BCUT2D eigenvalue weighted by atomic mass is 10.2. The van der Waals surface area contributed by atoms with Crippen molar-refractivity contribution < 1.29 is 12.8 Å². The molecule has 0 radical (unpaired) electrons. The van der Waals surface area contributed by atoms with Crippen LogP contribution in [0.15, 0.2) is 24.7 Å². The Hall–Kier alpha value is -2.30. The van der Waals surface area contributed by atoms with Gasteiger partial charge in [0.1, 0.15) is 5.65 Å². The van der Waals surface area contributed by atoms with E-state index in [2.05, 4.69) is 25.3 Å². The van der Waals surface area contributed by atoms with E-state index in [1.54, 1.807) is 29.8 Å². The molecule has 1 saturated heterocycles. The number of rotatable bonds is 5. The van der Waals surface area contributed by atoms with Gasteiger partial charge < -0.3 is 10.3 Å². The summed E-state index contributed by atoms with van der Waals surface area (Å²) in [5.41, 5.74) is 1.40. The quantitative estimate of drug-likeness (QED) is 0.609. The molecule has 0 bridgehead atoms. The van der Waals surface area contributed by atoms with Gasteiger partial charge in [0.2, 0.25) is 10.0 Å². The number of aromatic nitrogens is 4. The second-order valence-electron chi connectivity index (χ2n) is 6.81. The van der Waals surface area contributed by atoms with Crippen LogP contribution in [0, 0.1) is 5.82 Å². The summed E-state index contributed by atoms with van der Waals surface area (Å²) in [4.78, 5) is 15.3. The SMILES string of the molecule is CCCS(=O)(=O)N1CCCC1.CNc1nc(-c2c[nH]c3ncc(Cl)cc23)ncc1F. The van der Waals surface area contributed by atoms with Crippen LogP contribution in [-0.4, -0.2) is 58.5 Å². The maximum atomic E-state index is 13.4. The molecule has 0 spiro atoms. The molecule has 162 valence electrons. The summed E-state index contributed by atoms with van der Waals surface area (Å²) in [7, 11) is -1.28. The van der Waals surface area contributed by atoms with Crippen molar-refractivity contribution in [2.45, 2.75) is 26.2 Å². The largest absolute Gasteiger partial charge is 0.371 e. The van der Waals surface area contributed by atoms with Crippen LogP contribution < -0.4 is 5.32 Å². The molecular formula is C19H24ClFN6O2S. The molecule has 0 aliphatic carbocycles. The smallest absolute Gasteiger partial charge is 0.214 e. The molecule has 0 saturated carbocycles. The zero-order valence-corrected chi connectivity index (χ0v) is 18.4. The van der Waals surface area contributed by atoms with E-state index >= 15 is 0 Å². The van der Waals surface area contributed by atoms with Crippen molar-refractivity contribution in [1.29, 1.82) is 0 Å². The van der Waals surface area contributed by atoms with E-state index in [-0.39, 0.29) is 5.82 Å². The average Bonchev–Trinajstić information content (AvgIpc) is 3.39. The fourth-order valence-corrected chi connectivity index (χ4v) is 4.93. The molecule has 0 amide bonds. The molecule has 3 aromatic heterocycles. The van der Waals surface area contributed by atoms with E-state index in [0.717, 1.165) is 49.5 Å². The summed E-state index contributed by atoms with van der Waals surface area (Å²) in [5.74, 6) is 0.366. The zero-order chi connectivity index (χ0) is 21.7. The molecule has 30 heavy (non-hydrogen) atoms. The second-order valence-corrected chi connectivity index (χ2v) is 9.34. The molecule has 0 unspecified atom stereocenters. The van der Waals surface area contributed by atoms with E-state index in [1.807, 2.05) is 6.92 Å². The number of fused-ring (bicyclic) bond motifs is 1. The summed E-state index contributed by atoms with van der Waals surface area (Å²) < 4.78 is 37.7. The molecule has 4 rings (SSSR count). The highest BCUT2D eigenvalue weighted by molar-refractivity contribution is 7.89. The number of nitrogens with one attached hydrogen (secondary N) is 2. The number of sulfonamides is 1. The molecule has 3 aromatic rings. The van der Waals surface area contributed by atoms with E-state index in [0.29, 0.717) is 22.2 Å². The molecule has 1 aliphatic rings. The fourth-order valence-electron chi connectivity index (χ4n) is 3.19. The molecule has 0 atom stereocenters. The minimum Gasteiger partial charge on any atom is -0.371 e. The van der Waals surface area contributed by atoms with E-state index < -0.39 is 15.8 Å². The first-order chi connectivity index (χ1) is 14.4. The Kier molecular flexibility index (Phi) is 7.22. The third kappa shape index (κ3) is 5.05. The van der Waals surface area contributed by atoms with Gasteiger partial charge in [-0.1, -0.05) is 18.5 Å². The van der Waals surface area contributed by atoms with E-state index in [9.17, 15) is 12.8 Å². The predicted octanol–water partition coefficient (Wildman–Crippen LogP) is 3.68. The maximum absolute atomic E-state index is 13.4. The first-order valence-electron chi connectivity index (χ1n) is 9.66. The van der Waals surface area contributed by atoms with Crippen LogP contribution in [0.2, 0.25) is 5.02 Å². The van der Waals surface area contributed by atoms with Crippen LogP contribution in [0.1, 0.15) is 26.2 Å². The minimum atomic E-state index is -2.88. The monoisotopic (exact) mass is 454 g/mol. The fraction of sp³-hybridized carbons (Fsp3) is 0.421. The molecule has 1 aliphatic heterocycles. The average molecular weight is 455 g/mol. The lowest BCUT2D eigenvalue weighted by molar-refractivity contribution is 0.476. The third-order valence-electron chi connectivity index (χ3n) is 4.64. The van der Waals surface area contributed by atoms with Crippen LogP contribution in [0.3, 0.4) is 0 Å². The normalized spacial score (nSPS) is 14.5. The maximum Gasteiger partial charge on any atom is 0.214 e. The van der Waals surface area contributed by atoms with Crippen molar-refractivity contribution in [3.05, 3.63) is 35.5 Å². The number of hydrogen-bond donors (Lipinski definition) is 2. The Bertz CT molecular complexity index is 1120. The molecule has 4 heterocycles. The molecule has 8 nitrogen and oxygen atoms in total. The Morgan fingerprint density at radius 2 is 2.00 bits per heavy atom.